The number of carbonyl (C=O) groups is 2. The van der Waals surface area contributed by atoms with Crippen LogP contribution in [0.25, 0.3) is 0 Å². The first-order valence-electron chi connectivity index (χ1n) is 9.89. The van der Waals surface area contributed by atoms with Gasteiger partial charge in [0.1, 0.15) is 5.92 Å². The van der Waals surface area contributed by atoms with Crippen LogP contribution in [0.4, 0.5) is 10.5 Å². The quantitative estimate of drug-likeness (QED) is 0.409. The highest BCUT2D eigenvalue weighted by Crippen LogP contribution is 2.35. The zero-order valence-corrected chi connectivity index (χ0v) is 17.0. The van der Waals surface area contributed by atoms with Crippen molar-refractivity contribution in [3.63, 3.8) is 0 Å². The molecule has 1 saturated carbocycles. The average molecular weight is 422 g/mol. The summed E-state index contributed by atoms with van der Waals surface area (Å²) in [7, 11) is 0. The van der Waals surface area contributed by atoms with Crippen LogP contribution in [0.3, 0.4) is 0 Å². The van der Waals surface area contributed by atoms with Crippen LogP contribution in [-0.4, -0.2) is 29.2 Å². The molecule has 9 heteroatoms. The van der Waals surface area contributed by atoms with E-state index in [4.69, 9.17) is 16.3 Å². The zero-order valence-electron chi connectivity index (χ0n) is 16.2. The van der Waals surface area contributed by atoms with Crippen LogP contribution in [0.15, 0.2) is 23.2 Å². The van der Waals surface area contributed by atoms with Gasteiger partial charge in [-0.1, -0.05) is 37.8 Å². The molecule has 0 spiro atoms. The van der Waals surface area contributed by atoms with Crippen LogP contribution >= 0.6 is 11.6 Å². The minimum Gasteiger partial charge on any atom is -0.465 e. The molecule has 156 valence electrons. The molecule has 0 aromatic heterocycles. The lowest BCUT2D eigenvalue weighted by Crippen LogP contribution is -2.45. The number of ether oxygens (including phenoxy) is 1. The van der Waals surface area contributed by atoms with Gasteiger partial charge in [0.25, 0.3) is 5.69 Å². The summed E-state index contributed by atoms with van der Waals surface area (Å²) in [6, 6.07) is 2.48. The van der Waals surface area contributed by atoms with Gasteiger partial charge in [-0.2, -0.15) is 0 Å². The third kappa shape index (κ3) is 4.93. The van der Waals surface area contributed by atoms with Crippen molar-refractivity contribution in [2.75, 3.05) is 6.61 Å². The number of nitrogens with one attached hydrogen (secondary N) is 1. The third-order valence-corrected chi connectivity index (χ3v) is 5.89. The number of halogens is 1. The molecule has 0 bridgehead atoms. The Bertz CT molecular complexity index is 835. The van der Waals surface area contributed by atoms with E-state index in [9.17, 15) is 19.7 Å². The second-order valence-electron chi connectivity index (χ2n) is 7.46. The second-order valence-corrected chi connectivity index (χ2v) is 7.87. The zero-order chi connectivity index (χ0) is 21.0. The largest absolute Gasteiger partial charge is 0.465 e. The Labute approximate surface area is 173 Å². The van der Waals surface area contributed by atoms with Crippen LogP contribution in [0, 0.1) is 22.0 Å². The van der Waals surface area contributed by atoms with Crippen LogP contribution in [0.2, 0.25) is 5.02 Å². The Balaban J connectivity index is 1.88. The molecular weight excluding hydrogens is 398 g/mol. The fourth-order valence-corrected chi connectivity index (χ4v) is 4.23. The first-order chi connectivity index (χ1) is 13.9. The van der Waals surface area contributed by atoms with E-state index in [2.05, 4.69) is 10.3 Å². The van der Waals surface area contributed by atoms with Crippen molar-refractivity contribution in [1.29, 1.82) is 0 Å². The lowest BCUT2D eigenvalue weighted by molar-refractivity contribution is -0.384. The van der Waals surface area contributed by atoms with E-state index in [0.29, 0.717) is 30.2 Å². The summed E-state index contributed by atoms with van der Waals surface area (Å²) >= 11 is 6.28. The molecule has 1 aromatic carbocycles. The van der Waals surface area contributed by atoms with E-state index in [-0.39, 0.29) is 10.7 Å². The molecule has 3 rings (SSSR count). The Morgan fingerprint density at radius 3 is 2.72 bits per heavy atom. The summed E-state index contributed by atoms with van der Waals surface area (Å²) in [4.78, 5) is 39.7. The predicted octanol–water partition coefficient (Wildman–Crippen LogP) is 4.60. The maximum Gasteiger partial charge on any atom is 0.341 e. The minimum absolute atomic E-state index is 0.173. The maximum atomic E-state index is 13.0. The molecular formula is C20H24ClN3O5. The van der Waals surface area contributed by atoms with Gasteiger partial charge >= 0.3 is 12.0 Å². The molecule has 1 heterocycles. The molecule has 2 atom stereocenters. The standard InChI is InChI=1S/C20H24ClN3O5/c1-2-16-17(19(25)29-11-12-6-4-3-5-7-12)18(23-20(26)22-16)14-10-13(24(27)28)8-9-15(14)21/h8-10,12,17-18H,2-7,11H2,1H3,(H,23,26). The summed E-state index contributed by atoms with van der Waals surface area (Å²) in [5.74, 6) is -1.03. The smallest absolute Gasteiger partial charge is 0.341 e. The average Bonchev–Trinajstić information content (AvgIpc) is 2.72. The fourth-order valence-electron chi connectivity index (χ4n) is 4.00. The summed E-state index contributed by atoms with van der Waals surface area (Å²) in [5.41, 5.74) is 0.512. The van der Waals surface area contributed by atoms with E-state index < -0.39 is 28.9 Å². The molecule has 2 aliphatic rings. The summed E-state index contributed by atoms with van der Waals surface area (Å²) in [6.45, 7) is 2.13. The number of non-ortho nitro benzene ring substituents is 1. The number of benzene rings is 1. The van der Waals surface area contributed by atoms with Crippen molar-refractivity contribution in [3.05, 3.63) is 38.9 Å². The summed E-state index contributed by atoms with van der Waals surface area (Å²) < 4.78 is 5.61. The van der Waals surface area contributed by atoms with Crippen LogP contribution in [-0.2, 0) is 9.53 Å². The van der Waals surface area contributed by atoms with Crippen molar-refractivity contribution in [3.8, 4) is 0 Å². The van der Waals surface area contributed by atoms with Crippen LogP contribution < -0.4 is 5.32 Å². The number of hydrogen-bond acceptors (Lipinski definition) is 5. The molecule has 2 amide bonds. The maximum absolute atomic E-state index is 13.0. The van der Waals surface area contributed by atoms with Gasteiger partial charge in [0.15, 0.2) is 0 Å². The van der Waals surface area contributed by atoms with Crippen LogP contribution in [0.1, 0.15) is 57.1 Å². The third-order valence-electron chi connectivity index (χ3n) is 5.54. The molecule has 1 aliphatic heterocycles. The molecule has 29 heavy (non-hydrogen) atoms. The highest BCUT2D eigenvalue weighted by atomic mass is 35.5. The van der Waals surface area contributed by atoms with E-state index in [1.54, 1.807) is 6.92 Å². The number of nitro groups is 1. The highest BCUT2D eigenvalue weighted by Gasteiger charge is 2.40. The number of carbonyl (C=O) groups excluding carboxylic acids is 2. The molecule has 0 radical (unpaired) electrons. The first kappa shape index (κ1) is 21.2. The Morgan fingerprint density at radius 2 is 2.07 bits per heavy atom. The van der Waals surface area contributed by atoms with Crippen molar-refractivity contribution in [1.82, 2.24) is 5.32 Å². The second kappa shape index (κ2) is 9.35. The molecule has 2 unspecified atom stereocenters. The summed E-state index contributed by atoms with van der Waals surface area (Å²) in [5, 5.41) is 14.0. The molecule has 8 nitrogen and oxygen atoms in total. The highest BCUT2D eigenvalue weighted by molar-refractivity contribution is 6.31. The van der Waals surface area contributed by atoms with Crippen molar-refractivity contribution in [2.24, 2.45) is 16.8 Å². The normalized spacial score (nSPS) is 22.6. The van der Waals surface area contributed by atoms with Gasteiger partial charge in [-0.3, -0.25) is 14.9 Å². The number of esters is 1. The summed E-state index contributed by atoms with van der Waals surface area (Å²) in [6.07, 6.45) is 5.91. The lowest BCUT2D eigenvalue weighted by Gasteiger charge is -2.31. The number of amides is 2. The number of nitro benzene ring substituents is 1. The topological polar surface area (TPSA) is 111 Å². The molecule has 1 aromatic rings. The molecule has 1 N–H and O–H groups in total. The minimum atomic E-state index is -0.874. The van der Waals surface area contributed by atoms with E-state index >= 15 is 0 Å². The van der Waals surface area contributed by atoms with Gasteiger partial charge in [0.05, 0.1) is 17.6 Å². The van der Waals surface area contributed by atoms with Gasteiger partial charge < -0.3 is 10.1 Å². The van der Waals surface area contributed by atoms with Gasteiger partial charge in [-0.25, -0.2) is 9.79 Å². The number of urea groups is 1. The Morgan fingerprint density at radius 1 is 1.34 bits per heavy atom. The first-order valence-corrected chi connectivity index (χ1v) is 10.3. The van der Waals surface area contributed by atoms with Gasteiger partial charge in [-0.05, 0) is 31.2 Å². The van der Waals surface area contributed by atoms with E-state index in [1.807, 2.05) is 0 Å². The van der Waals surface area contributed by atoms with Crippen molar-refractivity contribution >= 4 is 35.0 Å². The number of hydrogen-bond donors (Lipinski definition) is 1. The van der Waals surface area contributed by atoms with Gasteiger partial charge in [0, 0.05) is 28.4 Å². The number of nitrogens with zero attached hydrogens (tertiary/aromatic N) is 2. The monoisotopic (exact) mass is 421 g/mol. The van der Waals surface area contributed by atoms with Gasteiger partial charge in [0.2, 0.25) is 0 Å². The Hall–Kier alpha value is -2.48. The lowest BCUT2D eigenvalue weighted by atomic mass is 9.86. The SMILES string of the molecule is CCC1=NC(=O)NC(c2cc([N+](=O)[O-])ccc2Cl)C1C(=O)OCC1CCCCC1. The van der Waals surface area contributed by atoms with Gasteiger partial charge in [-0.15, -0.1) is 0 Å². The van der Waals surface area contributed by atoms with Crippen molar-refractivity contribution < 1.29 is 19.2 Å². The van der Waals surface area contributed by atoms with Crippen molar-refractivity contribution in [2.45, 2.75) is 51.5 Å². The van der Waals surface area contributed by atoms with E-state index in [1.165, 1.54) is 24.6 Å². The van der Waals surface area contributed by atoms with E-state index in [0.717, 1.165) is 25.7 Å². The number of rotatable bonds is 6. The number of aliphatic imine (C=N–C) groups is 1. The predicted molar refractivity (Wildman–Crippen MR) is 108 cm³/mol. The fraction of sp³-hybridized carbons (Fsp3) is 0.550. The molecule has 1 aliphatic carbocycles. The van der Waals surface area contributed by atoms with Crippen LogP contribution in [0.5, 0.6) is 0 Å². The molecule has 1 fully saturated rings. The Kier molecular flexibility index (Phi) is 6.84. The molecule has 0 saturated heterocycles.